The van der Waals surface area contributed by atoms with Crippen LogP contribution in [0, 0.1) is 0 Å². The lowest BCUT2D eigenvalue weighted by molar-refractivity contribution is 0.0956. The summed E-state index contributed by atoms with van der Waals surface area (Å²) in [6, 6.07) is 6.91. The van der Waals surface area contributed by atoms with Crippen molar-refractivity contribution >= 4 is 17.5 Å². The Morgan fingerprint density at radius 1 is 1.35 bits per heavy atom. The number of carbonyl (C=O) groups excluding carboxylic acids is 1. The van der Waals surface area contributed by atoms with Gasteiger partial charge in [0.05, 0.1) is 0 Å². The lowest BCUT2D eigenvalue weighted by atomic mass is 10.1. The predicted molar refractivity (Wildman–Crippen MR) is 69.4 cm³/mol. The van der Waals surface area contributed by atoms with E-state index in [-0.39, 0.29) is 5.91 Å². The monoisotopic (exact) mass is 250 g/mol. The summed E-state index contributed by atoms with van der Waals surface area (Å²) in [5.74, 6) is -0.0545. The molecule has 0 saturated heterocycles. The molecule has 0 fully saturated rings. The zero-order valence-electron chi connectivity index (χ0n) is 9.50. The van der Waals surface area contributed by atoms with Crippen LogP contribution in [0.4, 0.5) is 0 Å². The molecule has 1 aromatic rings. The molecular formula is C13H15ClN2O. The second kappa shape index (κ2) is 5.84. The van der Waals surface area contributed by atoms with Gasteiger partial charge in [0, 0.05) is 23.7 Å². The number of hydrogen-bond donors (Lipinski definition) is 2. The van der Waals surface area contributed by atoms with Gasteiger partial charge in [-0.05, 0) is 37.2 Å². The number of rotatable bonds is 3. The van der Waals surface area contributed by atoms with E-state index < -0.39 is 0 Å². The van der Waals surface area contributed by atoms with Gasteiger partial charge < -0.3 is 10.6 Å². The van der Waals surface area contributed by atoms with Gasteiger partial charge in [0.1, 0.15) is 0 Å². The maximum absolute atomic E-state index is 11.8. The smallest absolute Gasteiger partial charge is 0.251 e. The van der Waals surface area contributed by atoms with Crippen molar-refractivity contribution in [1.29, 1.82) is 0 Å². The first-order chi connectivity index (χ1) is 8.25. The summed E-state index contributed by atoms with van der Waals surface area (Å²) in [5, 5.41) is 6.79. The number of amides is 1. The van der Waals surface area contributed by atoms with Crippen molar-refractivity contribution in [2.45, 2.75) is 6.42 Å². The number of nitrogens with one attached hydrogen (secondary N) is 2. The molecule has 1 aromatic carbocycles. The molecule has 90 valence electrons. The van der Waals surface area contributed by atoms with Crippen LogP contribution >= 0.6 is 11.6 Å². The molecule has 1 aliphatic heterocycles. The molecule has 1 aliphatic rings. The Labute approximate surface area is 106 Å². The van der Waals surface area contributed by atoms with E-state index in [1.807, 2.05) is 0 Å². The van der Waals surface area contributed by atoms with Crippen LogP contribution in [0.3, 0.4) is 0 Å². The molecule has 0 spiro atoms. The Kier molecular flexibility index (Phi) is 4.18. The van der Waals surface area contributed by atoms with Crippen LogP contribution < -0.4 is 10.6 Å². The fourth-order valence-electron chi connectivity index (χ4n) is 1.73. The van der Waals surface area contributed by atoms with Gasteiger partial charge in [-0.25, -0.2) is 0 Å². The average Bonchev–Trinajstić information content (AvgIpc) is 2.38. The maximum atomic E-state index is 11.8. The van der Waals surface area contributed by atoms with E-state index in [1.165, 1.54) is 5.57 Å². The molecular weight excluding hydrogens is 236 g/mol. The van der Waals surface area contributed by atoms with Crippen molar-refractivity contribution in [3.8, 4) is 0 Å². The van der Waals surface area contributed by atoms with Gasteiger partial charge in [-0.2, -0.15) is 0 Å². The first kappa shape index (κ1) is 12.1. The largest absolute Gasteiger partial charge is 0.348 e. The minimum absolute atomic E-state index is 0.0545. The molecule has 0 saturated carbocycles. The van der Waals surface area contributed by atoms with Crippen molar-refractivity contribution in [2.24, 2.45) is 0 Å². The highest BCUT2D eigenvalue weighted by Crippen LogP contribution is 2.09. The van der Waals surface area contributed by atoms with Crippen molar-refractivity contribution in [1.82, 2.24) is 10.6 Å². The van der Waals surface area contributed by atoms with Gasteiger partial charge in [-0.15, -0.1) is 0 Å². The highest BCUT2D eigenvalue weighted by atomic mass is 35.5. The summed E-state index contributed by atoms with van der Waals surface area (Å²) in [4.78, 5) is 11.8. The van der Waals surface area contributed by atoms with E-state index in [4.69, 9.17) is 11.6 Å². The van der Waals surface area contributed by atoms with Gasteiger partial charge in [0.25, 0.3) is 5.91 Å². The van der Waals surface area contributed by atoms with Gasteiger partial charge >= 0.3 is 0 Å². The van der Waals surface area contributed by atoms with Crippen molar-refractivity contribution in [3.63, 3.8) is 0 Å². The van der Waals surface area contributed by atoms with Crippen molar-refractivity contribution in [2.75, 3.05) is 19.6 Å². The molecule has 17 heavy (non-hydrogen) atoms. The topological polar surface area (TPSA) is 41.1 Å². The average molecular weight is 251 g/mol. The number of hydrogen-bond acceptors (Lipinski definition) is 2. The summed E-state index contributed by atoms with van der Waals surface area (Å²) in [6.45, 7) is 2.51. The molecule has 4 heteroatoms. The molecule has 2 N–H and O–H groups in total. The molecule has 3 nitrogen and oxygen atoms in total. The fourth-order valence-corrected chi connectivity index (χ4v) is 1.85. The highest BCUT2D eigenvalue weighted by molar-refractivity contribution is 6.30. The normalized spacial score (nSPS) is 15.2. The first-order valence-electron chi connectivity index (χ1n) is 5.68. The van der Waals surface area contributed by atoms with Crippen molar-refractivity contribution < 1.29 is 4.79 Å². The van der Waals surface area contributed by atoms with E-state index in [9.17, 15) is 4.79 Å². The molecule has 1 amide bonds. The van der Waals surface area contributed by atoms with E-state index >= 15 is 0 Å². The second-order valence-electron chi connectivity index (χ2n) is 4.01. The summed E-state index contributed by atoms with van der Waals surface area (Å²) in [7, 11) is 0. The van der Waals surface area contributed by atoms with Crippen molar-refractivity contribution in [3.05, 3.63) is 46.5 Å². The minimum Gasteiger partial charge on any atom is -0.348 e. The Balaban J connectivity index is 1.88. The zero-order valence-corrected chi connectivity index (χ0v) is 10.3. The van der Waals surface area contributed by atoms with Crippen LogP contribution in [0.25, 0.3) is 0 Å². The van der Waals surface area contributed by atoms with E-state index in [1.54, 1.807) is 24.3 Å². The molecule has 0 atom stereocenters. The predicted octanol–water partition coefficient (Wildman–Crippen LogP) is 1.99. The summed E-state index contributed by atoms with van der Waals surface area (Å²) >= 11 is 5.77. The van der Waals surface area contributed by atoms with Gasteiger partial charge in [-0.1, -0.05) is 23.3 Å². The highest BCUT2D eigenvalue weighted by Gasteiger charge is 2.07. The molecule has 0 aliphatic carbocycles. The Morgan fingerprint density at radius 3 is 2.76 bits per heavy atom. The standard InChI is InChI=1S/C13H15ClN2O/c14-12-3-1-11(2-4-12)13(17)16-9-10-5-7-15-8-6-10/h1-5,15H,6-9H2,(H,16,17). The zero-order chi connectivity index (χ0) is 12.1. The van der Waals surface area contributed by atoms with E-state index in [0.717, 1.165) is 19.5 Å². The van der Waals surface area contributed by atoms with Crippen LogP contribution in [-0.4, -0.2) is 25.5 Å². The van der Waals surface area contributed by atoms with Crippen LogP contribution in [0.1, 0.15) is 16.8 Å². The van der Waals surface area contributed by atoms with Crippen LogP contribution in [-0.2, 0) is 0 Å². The molecule has 1 heterocycles. The molecule has 0 radical (unpaired) electrons. The van der Waals surface area contributed by atoms with E-state index in [2.05, 4.69) is 16.7 Å². The quantitative estimate of drug-likeness (QED) is 0.806. The summed E-state index contributed by atoms with van der Waals surface area (Å²) in [5.41, 5.74) is 1.93. The lowest BCUT2D eigenvalue weighted by Crippen LogP contribution is -2.29. The van der Waals surface area contributed by atoms with E-state index in [0.29, 0.717) is 17.1 Å². The molecule has 0 aromatic heterocycles. The first-order valence-corrected chi connectivity index (χ1v) is 6.06. The summed E-state index contributed by atoms with van der Waals surface area (Å²) < 4.78 is 0. The number of benzene rings is 1. The third-order valence-corrected chi connectivity index (χ3v) is 2.99. The van der Waals surface area contributed by atoms with Gasteiger partial charge in [0.15, 0.2) is 0 Å². The summed E-state index contributed by atoms with van der Waals surface area (Å²) in [6.07, 6.45) is 3.13. The van der Waals surface area contributed by atoms with Crippen LogP contribution in [0.15, 0.2) is 35.9 Å². The Bertz CT molecular complexity index is 426. The maximum Gasteiger partial charge on any atom is 0.251 e. The molecule has 0 unspecified atom stereocenters. The number of halogens is 1. The van der Waals surface area contributed by atoms with Gasteiger partial charge in [0.2, 0.25) is 0 Å². The van der Waals surface area contributed by atoms with Gasteiger partial charge in [-0.3, -0.25) is 4.79 Å². The Morgan fingerprint density at radius 2 is 2.12 bits per heavy atom. The molecule has 0 bridgehead atoms. The second-order valence-corrected chi connectivity index (χ2v) is 4.44. The Hall–Kier alpha value is -1.32. The van der Waals surface area contributed by atoms with Crippen LogP contribution in [0.2, 0.25) is 5.02 Å². The number of carbonyl (C=O) groups is 1. The third-order valence-electron chi connectivity index (χ3n) is 2.74. The lowest BCUT2D eigenvalue weighted by Gasteiger charge is -2.14. The fraction of sp³-hybridized carbons (Fsp3) is 0.308. The van der Waals surface area contributed by atoms with Crippen LogP contribution in [0.5, 0.6) is 0 Å². The molecule has 2 rings (SSSR count). The minimum atomic E-state index is -0.0545. The SMILES string of the molecule is O=C(NCC1=CCNCC1)c1ccc(Cl)cc1. The third kappa shape index (κ3) is 3.58.